The lowest BCUT2D eigenvalue weighted by Gasteiger charge is -2.45. The number of Topliss-reactive ketones (excluding diaryl/α,β-unsaturated/α-hetero) is 1. The van der Waals surface area contributed by atoms with Gasteiger partial charge < -0.3 is 19.7 Å². The summed E-state index contributed by atoms with van der Waals surface area (Å²) in [4.78, 5) is 45.4. The van der Waals surface area contributed by atoms with Crippen LogP contribution in [-0.2, 0) is 22.2 Å². The van der Waals surface area contributed by atoms with Crippen LogP contribution in [0.2, 0.25) is 0 Å². The lowest BCUT2D eigenvalue weighted by atomic mass is 9.75. The molecule has 232 valence electrons. The van der Waals surface area contributed by atoms with Crippen LogP contribution >= 0.6 is 0 Å². The average Bonchev–Trinajstić information content (AvgIpc) is 3.40. The summed E-state index contributed by atoms with van der Waals surface area (Å²) >= 11 is 0. The zero-order valence-corrected chi connectivity index (χ0v) is 23.6. The lowest BCUT2D eigenvalue weighted by Crippen LogP contribution is -2.58. The van der Waals surface area contributed by atoms with E-state index in [9.17, 15) is 14.4 Å². The summed E-state index contributed by atoms with van der Waals surface area (Å²) in [5, 5.41) is 2.28. The number of piperidine rings is 2. The molecule has 0 spiro atoms. The Morgan fingerprint density at radius 3 is 2.14 bits per heavy atom. The average molecular weight is 612 g/mol. The van der Waals surface area contributed by atoms with Crippen LogP contribution in [0.15, 0.2) is 36.3 Å². The predicted molar refractivity (Wildman–Crippen MR) is 144 cm³/mol. The van der Waals surface area contributed by atoms with Crippen molar-refractivity contribution in [1.29, 1.82) is 0 Å². The number of allylic oxidation sites excluding steroid dienone is 1. The Labute approximate surface area is 243 Å². The van der Waals surface area contributed by atoms with Crippen LogP contribution in [-0.4, -0.2) is 75.5 Å². The van der Waals surface area contributed by atoms with Crippen molar-refractivity contribution in [2.45, 2.75) is 56.9 Å². The number of aromatic nitrogens is 2. The lowest BCUT2D eigenvalue weighted by molar-refractivity contribution is -0.177. The molecule has 4 heterocycles. The van der Waals surface area contributed by atoms with Crippen LogP contribution in [0, 0.1) is 5.92 Å². The van der Waals surface area contributed by atoms with E-state index in [0.717, 1.165) is 34.1 Å². The van der Waals surface area contributed by atoms with Crippen LogP contribution in [0.25, 0.3) is 5.57 Å². The highest BCUT2D eigenvalue weighted by Crippen LogP contribution is 2.56. The van der Waals surface area contributed by atoms with E-state index in [1.54, 1.807) is 4.90 Å². The summed E-state index contributed by atoms with van der Waals surface area (Å²) in [5.41, 5.74) is -8.86. The number of halogens is 6. The number of anilines is 1. The molecule has 1 aromatic carbocycles. The Hall–Kier alpha value is -3.84. The summed E-state index contributed by atoms with van der Waals surface area (Å²) in [6.45, 7) is 2.03. The zero-order chi connectivity index (χ0) is 31.3. The molecule has 2 amide bonds. The molecule has 1 unspecified atom stereocenters. The first kappa shape index (κ1) is 30.6. The molecule has 0 saturated carbocycles. The van der Waals surface area contributed by atoms with Gasteiger partial charge in [0.2, 0.25) is 11.4 Å². The molecule has 2 aromatic rings. The van der Waals surface area contributed by atoms with E-state index in [1.165, 1.54) is 20.0 Å². The maximum atomic E-state index is 15.4. The van der Waals surface area contributed by atoms with Crippen molar-refractivity contribution in [2.75, 3.05) is 31.5 Å². The fourth-order valence-electron chi connectivity index (χ4n) is 6.38. The van der Waals surface area contributed by atoms with Crippen molar-refractivity contribution in [1.82, 2.24) is 19.4 Å². The molecule has 3 aliphatic rings. The normalized spacial score (nSPS) is 21.9. The van der Waals surface area contributed by atoms with E-state index >= 15 is 26.3 Å². The maximum Gasteiger partial charge on any atom is 0.421 e. The summed E-state index contributed by atoms with van der Waals surface area (Å²) in [6.07, 6.45) is -6.83. The van der Waals surface area contributed by atoms with Crippen molar-refractivity contribution < 1.29 is 40.7 Å². The summed E-state index contributed by atoms with van der Waals surface area (Å²) in [5.74, 6) is -2.59. The van der Waals surface area contributed by atoms with Crippen molar-refractivity contribution >= 4 is 28.9 Å². The van der Waals surface area contributed by atoms with Crippen molar-refractivity contribution in [3.05, 3.63) is 53.1 Å². The van der Waals surface area contributed by atoms with E-state index in [1.807, 2.05) is 0 Å². The third-order valence-corrected chi connectivity index (χ3v) is 8.60. The number of rotatable bonds is 4. The molecule has 1 aromatic heterocycles. The molecular formula is C29H31F6N5O3. The van der Waals surface area contributed by atoms with Gasteiger partial charge in [-0.2, -0.15) is 26.3 Å². The van der Waals surface area contributed by atoms with Gasteiger partial charge in [0, 0.05) is 62.9 Å². The first-order valence-electron chi connectivity index (χ1n) is 14.0. The number of carbonyl (C=O) groups is 3. The summed E-state index contributed by atoms with van der Waals surface area (Å²) < 4.78 is 92.3. The minimum atomic E-state index is -5.42. The number of amides is 2. The first-order chi connectivity index (χ1) is 20.2. The van der Waals surface area contributed by atoms with Crippen LogP contribution in [0.1, 0.15) is 60.6 Å². The van der Waals surface area contributed by atoms with Gasteiger partial charge in [0.1, 0.15) is 0 Å². The van der Waals surface area contributed by atoms with E-state index in [-0.39, 0.29) is 24.6 Å². The zero-order valence-electron chi connectivity index (χ0n) is 23.6. The molecule has 1 N–H and O–H groups in total. The molecule has 3 aliphatic heterocycles. The third-order valence-electron chi connectivity index (χ3n) is 8.60. The number of nitrogens with zero attached hydrogens (tertiary/aromatic N) is 4. The molecule has 1 atom stereocenters. The number of hydrogen-bond acceptors (Lipinski definition) is 5. The second-order valence-corrected chi connectivity index (χ2v) is 11.3. The highest BCUT2D eigenvalue weighted by atomic mass is 19.4. The highest BCUT2D eigenvalue weighted by Gasteiger charge is 2.66. The van der Waals surface area contributed by atoms with Crippen LogP contribution in [0.3, 0.4) is 0 Å². The largest absolute Gasteiger partial charge is 0.421 e. The molecule has 8 nitrogen and oxygen atoms in total. The predicted octanol–water partition coefficient (Wildman–Crippen LogP) is 5.07. The monoisotopic (exact) mass is 611 g/mol. The summed E-state index contributed by atoms with van der Waals surface area (Å²) in [6, 6.07) is 3.15. The molecule has 0 bridgehead atoms. The van der Waals surface area contributed by atoms with Crippen molar-refractivity contribution in [3.8, 4) is 0 Å². The molecule has 5 rings (SSSR count). The Kier molecular flexibility index (Phi) is 7.84. The SMILES string of the molecule is CC(=O)N1CCC(C(=O)c2ccc3c(c2)C(C(F)(F)F)=C(C(=O)N2CCCCC2)C(c2cncn2C)(C(F)(F)F)N3)CC1. The Morgan fingerprint density at radius 1 is 0.953 bits per heavy atom. The number of likely N-dealkylation sites (tertiary alicyclic amines) is 2. The molecule has 0 aliphatic carbocycles. The first-order valence-corrected chi connectivity index (χ1v) is 14.0. The number of alkyl halides is 6. The van der Waals surface area contributed by atoms with Crippen LogP contribution in [0.4, 0.5) is 32.0 Å². The number of benzene rings is 1. The number of aryl methyl sites for hydroxylation is 1. The number of fused-ring (bicyclic) bond motifs is 1. The quantitative estimate of drug-likeness (QED) is 0.386. The fourth-order valence-corrected chi connectivity index (χ4v) is 6.38. The van der Waals surface area contributed by atoms with Gasteiger partial charge in [0.25, 0.3) is 5.91 Å². The molecular weight excluding hydrogens is 580 g/mol. The van der Waals surface area contributed by atoms with E-state index < -0.39 is 63.6 Å². The number of imidazole rings is 1. The number of ketones is 1. The summed E-state index contributed by atoms with van der Waals surface area (Å²) in [7, 11) is 1.21. The topological polar surface area (TPSA) is 87.5 Å². The van der Waals surface area contributed by atoms with Gasteiger partial charge in [0.15, 0.2) is 5.78 Å². The van der Waals surface area contributed by atoms with E-state index in [2.05, 4.69) is 10.3 Å². The second-order valence-electron chi connectivity index (χ2n) is 11.3. The third kappa shape index (κ3) is 5.29. The van der Waals surface area contributed by atoms with Gasteiger partial charge in [-0.05, 0) is 50.3 Å². The van der Waals surface area contributed by atoms with Gasteiger partial charge in [-0.25, -0.2) is 4.98 Å². The maximum absolute atomic E-state index is 15.4. The van der Waals surface area contributed by atoms with Crippen molar-refractivity contribution in [3.63, 3.8) is 0 Å². The standard InChI is InChI=1S/C29H31F6N5O3/c1-17(41)39-12-8-18(9-13-39)25(42)19-6-7-21-20(14-19)23(28(30,31)32)24(26(43)40-10-4-3-5-11-40)27(37-21,29(33,34)35)22-15-36-16-38(22)2/h6-7,14-16,18,37H,3-5,8-13H2,1-2H3. The van der Waals surface area contributed by atoms with Gasteiger partial charge in [-0.15, -0.1) is 0 Å². The minimum absolute atomic E-state index is 0.0110. The number of nitrogens with one attached hydrogen (secondary N) is 1. The molecule has 43 heavy (non-hydrogen) atoms. The second kappa shape index (κ2) is 11.0. The van der Waals surface area contributed by atoms with Crippen LogP contribution in [0.5, 0.6) is 0 Å². The Morgan fingerprint density at radius 2 is 1.60 bits per heavy atom. The fraction of sp³-hybridized carbons (Fsp3) is 0.517. The molecule has 14 heteroatoms. The highest BCUT2D eigenvalue weighted by molar-refractivity contribution is 6.09. The van der Waals surface area contributed by atoms with Gasteiger partial charge >= 0.3 is 12.4 Å². The van der Waals surface area contributed by atoms with E-state index in [0.29, 0.717) is 45.2 Å². The minimum Gasteiger partial charge on any atom is -0.362 e. The molecule has 2 fully saturated rings. The van der Waals surface area contributed by atoms with Crippen molar-refractivity contribution in [2.24, 2.45) is 13.0 Å². The van der Waals surface area contributed by atoms with Crippen LogP contribution < -0.4 is 5.32 Å². The number of hydrogen-bond donors (Lipinski definition) is 1. The van der Waals surface area contributed by atoms with Gasteiger partial charge in [-0.1, -0.05) is 0 Å². The molecule has 0 radical (unpaired) electrons. The Bertz CT molecular complexity index is 1470. The van der Waals surface area contributed by atoms with Gasteiger partial charge in [-0.3, -0.25) is 14.4 Å². The Balaban J connectivity index is 1.72. The molecule has 2 saturated heterocycles. The smallest absolute Gasteiger partial charge is 0.362 e. The van der Waals surface area contributed by atoms with E-state index in [4.69, 9.17) is 0 Å². The number of carbonyl (C=O) groups excluding carboxylic acids is 3. The van der Waals surface area contributed by atoms with Gasteiger partial charge in [0.05, 0.1) is 29.4 Å².